The lowest BCUT2D eigenvalue weighted by atomic mass is 9.79. The summed E-state index contributed by atoms with van der Waals surface area (Å²) >= 11 is 0. The van der Waals surface area contributed by atoms with Crippen molar-refractivity contribution in [3.63, 3.8) is 0 Å². The lowest BCUT2D eigenvalue weighted by molar-refractivity contribution is -0.144. The van der Waals surface area contributed by atoms with Crippen molar-refractivity contribution in [3.8, 4) is 0 Å². The van der Waals surface area contributed by atoms with Gasteiger partial charge in [-0.2, -0.15) is 0 Å². The Morgan fingerprint density at radius 3 is 2.75 bits per heavy atom. The number of ether oxygens (including phenoxy) is 1. The Labute approximate surface area is 116 Å². The van der Waals surface area contributed by atoms with Crippen molar-refractivity contribution in [1.82, 2.24) is 4.98 Å². The van der Waals surface area contributed by atoms with E-state index in [0.29, 0.717) is 38.0 Å². The van der Waals surface area contributed by atoms with Gasteiger partial charge in [0.25, 0.3) is 0 Å². The van der Waals surface area contributed by atoms with Crippen molar-refractivity contribution in [1.29, 1.82) is 0 Å². The first kappa shape index (κ1) is 12.9. The number of carbonyl (C=O) groups excluding carboxylic acids is 1. The number of carboxylic acid groups (broad SMARTS) is 1. The maximum Gasteiger partial charge on any atom is 0.416 e. The van der Waals surface area contributed by atoms with Crippen molar-refractivity contribution in [2.24, 2.45) is 5.92 Å². The number of pyridine rings is 1. The summed E-state index contributed by atoms with van der Waals surface area (Å²) in [5.74, 6) is -0.497. The molecule has 6 nitrogen and oxygen atoms in total. The van der Waals surface area contributed by atoms with Crippen LogP contribution in [0.15, 0.2) is 24.4 Å². The molecule has 1 aliphatic heterocycles. The Morgan fingerprint density at radius 1 is 1.40 bits per heavy atom. The molecule has 1 saturated carbocycles. The second-order valence-corrected chi connectivity index (χ2v) is 5.44. The number of anilines is 1. The molecule has 106 valence electrons. The number of hydrogen-bond donors (Lipinski definition) is 1. The summed E-state index contributed by atoms with van der Waals surface area (Å²) < 4.78 is 5.54. The molecule has 1 aromatic heterocycles. The van der Waals surface area contributed by atoms with Gasteiger partial charge in [0.15, 0.2) is 0 Å². The van der Waals surface area contributed by atoms with Crippen LogP contribution in [0.2, 0.25) is 0 Å². The smallest absolute Gasteiger partial charge is 0.416 e. The summed E-state index contributed by atoms with van der Waals surface area (Å²) in [4.78, 5) is 28.7. The maximum absolute atomic E-state index is 12.0. The molecule has 0 bridgehead atoms. The number of carboxylic acids is 1. The highest BCUT2D eigenvalue weighted by Gasteiger charge is 2.48. The van der Waals surface area contributed by atoms with Gasteiger partial charge in [0.05, 0.1) is 12.5 Å². The van der Waals surface area contributed by atoms with Gasteiger partial charge in [0.2, 0.25) is 0 Å². The number of aliphatic carboxylic acids is 1. The standard InChI is InChI=1S/C14H16N2O4/c17-12(18)10-4-6-14(7-5-10)9-16(13(19)20-14)11-3-1-2-8-15-11/h1-3,8,10H,4-7,9H2,(H,17,18)/t10-,14+. The molecule has 1 N–H and O–H groups in total. The summed E-state index contributed by atoms with van der Waals surface area (Å²) in [5, 5.41) is 9.02. The first-order valence-electron chi connectivity index (χ1n) is 6.74. The topological polar surface area (TPSA) is 79.7 Å². The molecular weight excluding hydrogens is 260 g/mol. The van der Waals surface area contributed by atoms with Crippen LogP contribution in [0.1, 0.15) is 25.7 Å². The van der Waals surface area contributed by atoms with Crippen LogP contribution in [0.5, 0.6) is 0 Å². The molecule has 1 aromatic rings. The van der Waals surface area contributed by atoms with Crippen molar-refractivity contribution in [2.45, 2.75) is 31.3 Å². The molecular formula is C14H16N2O4. The van der Waals surface area contributed by atoms with E-state index >= 15 is 0 Å². The minimum absolute atomic E-state index is 0.316. The van der Waals surface area contributed by atoms with Crippen LogP contribution < -0.4 is 4.90 Å². The Kier molecular flexibility index (Phi) is 3.08. The normalized spacial score (nSPS) is 29.5. The fourth-order valence-corrected chi connectivity index (χ4v) is 2.96. The van der Waals surface area contributed by atoms with Gasteiger partial charge in [-0.15, -0.1) is 0 Å². The Bertz CT molecular complexity index is 523. The van der Waals surface area contributed by atoms with Gasteiger partial charge in [-0.1, -0.05) is 6.07 Å². The molecule has 2 aliphatic rings. The highest BCUT2D eigenvalue weighted by Crippen LogP contribution is 2.40. The summed E-state index contributed by atoms with van der Waals surface area (Å²) in [7, 11) is 0. The van der Waals surface area contributed by atoms with Crippen LogP contribution in [-0.2, 0) is 9.53 Å². The van der Waals surface area contributed by atoms with Crippen LogP contribution in [0, 0.1) is 5.92 Å². The zero-order valence-corrected chi connectivity index (χ0v) is 11.0. The maximum atomic E-state index is 12.0. The molecule has 1 aliphatic carbocycles. The van der Waals surface area contributed by atoms with E-state index in [1.807, 2.05) is 6.07 Å². The third kappa shape index (κ3) is 2.21. The monoisotopic (exact) mass is 276 g/mol. The Hall–Kier alpha value is -2.11. The average molecular weight is 276 g/mol. The highest BCUT2D eigenvalue weighted by molar-refractivity contribution is 5.89. The predicted molar refractivity (Wildman–Crippen MR) is 70.4 cm³/mol. The lowest BCUT2D eigenvalue weighted by Crippen LogP contribution is -2.40. The molecule has 1 saturated heterocycles. The van der Waals surface area contributed by atoms with Gasteiger partial charge >= 0.3 is 12.1 Å². The summed E-state index contributed by atoms with van der Waals surface area (Å²) in [6.45, 7) is 0.454. The van der Waals surface area contributed by atoms with Gasteiger partial charge in [-0.25, -0.2) is 9.78 Å². The molecule has 1 spiro atoms. The van der Waals surface area contributed by atoms with Crippen LogP contribution in [-0.4, -0.2) is 34.3 Å². The molecule has 0 radical (unpaired) electrons. The molecule has 6 heteroatoms. The quantitative estimate of drug-likeness (QED) is 0.894. The molecule has 2 heterocycles. The van der Waals surface area contributed by atoms with E-state index in [1.165, 1.54) is 4.90 Å². The van der Waals surface area contributed by atoms with E-state index in [1.54, 1.807) is 18.3 Å². The van der Waals surface area contributed by atoms with Gasteiger partial charge in [-0.3, -0.25) is 9.69 Å². The number of carbonyl (C=O) groups is 2. The Balaban J connectivity index is 1.73. The van der Waals surface area contributed by atoms with E-state index in [4.69, 9.17) is 9.84 Å². The third-order valence-corrected chi connectivity index (χ3v) is 4.14. The zero-order chi connectivity index (χ0) is 14.2. The fourth-order valence-electron chi connectivity index (χ4n) is 2.96. The van der Waals surface area contributed by atoms with Crippen LogP contribution in [0.3, 0.4) is 0 Å². The van der Waals surface area contributed by atoms with Gasteiger partial charge in [-0.05, 0) is 37.8 Å². The van der Waals surface area contributed by atoms with E-state index in [2.05, 4.69) is 4.98 Å². The van der Waals surface area contributed by atoms with Crippen LogP contribution >= 0.6 is 0 Å². The molecule has 0 unspecified atom stereocenters. The lowest BCUT2D eigenvalue weighted by Gasteiger charge is -2.33. The zero-order valence-electron chi connectivity index (χ0n) is 11.0. The van der Waals surface area contributed by atoms with E-state index in [-0.39, 0.29) is 5.92 Å². The van der Waals surface area contributed by atoms with Crippen LogP contribution in [0.4, 0.5) is 10.6 Å². The average Bonchev–Trinajstić information content (AvgIpc) is 2.77. The fraction of sp³-hybridized carbons (Fsp3) is 0.500. The molecule has 3 rings (SSSR count). The molecule has 0 atom stereocenters. The van der Waals surface area contributed by atoms with E-state index in [0.717, 1.165) is 0 Å². The molecule has 1 amide bonds. The number of hydrogen-bond acceptors (Lipinski definition) is 4. The third-order valence-electron chi connectivity index (χ3n) is 4.14. The summed E-state index contributed by atoms with van der Waals surface area (Å²) in [6, 6.07) is 5.38. The van der Waals surface area contributed by atoms with Crippen molar-refractivity contribution in [3.05, 3.63) is 24.4 Å². The predicted octanol–water partition coefficient (Wildman–Crippen LogP) is 2.05. The van der Waals surface area contributed by atoms with Crippen molar-refractivity contribution < 1.29 is 19.4 Å². The van der Waals surface area contributed by atoms with Gasteiger partial charge < -0.3 is 9.84 Å². The first-order chi connectivity index (χ1) is 9.60. The molecule has 0 aromatic carbocycles. The minimum Gasteiger partial charge on any atom is -0.481 e. The first-order valence-corrected chi connectivity index (χ1v) is 6.74. The van der Waals surface area contributed by atoms with Gasteiger partial charge in [0, 0.05) is 6.20 Å². The molecule has 2 fully saturated rings. The Morgan fingerprint density at radius 2 is 2.15 bits per heavy atom. The number of rotatable bonds is 2. The number of amides is 1. The summed E-state index contributed by atoms with van der Waals surface area (Å²) in [5.41, 5.74) is -0.541. The summed E-state index contributed by atoms with van der Waals surface area (Å²) in [6.07, 6.45) is 3.54. The molecule has 20 heavy (non-hydrogen) atoms. The SMILES string of the molecule is O=C1O[C@]2(CC[C@@H](C(=O)O)CC2)CN1c1ccccn1. The van der Waals surface area contributed by atoms with Crippen molar-refractivity contribution >= 4 is 17.9 Å². The van der Waals surface area contributed by atoms with E-state index in [9.17, 15) is 9.59 Å². The second kappa shape index (κ2) is 4.77. The van der Waals surface area contributed by atoms with Crippen molar-refractivity contribution in [2.75, 3.05) is 11.4 Å². The largest absolute Gasteiger partial charge is 0.481 e. The second-order valence-electron chi connectivity index (χ2n) is 5.44. The number of nitrogens with zero attached hydrogens (tertiary/aromatic N) is 2. The van der Waals surface area contributed by atoms with E-state index < -0.39 is 17.7 Å². The van der Waals surface area contributed by atoms with Crippen LogP contribution in [0.25, 0.3) is 0 Å². The minimum atomic E-state index is -0.759. The number of aromatic nitrogens is 1. The highest BCUT2D eigenvalue weighted by atomic mass is 16.6. The van der Waals surface area contributed by atoms with Gasteiger partial charge in [0.1, 0.15) is 11.4 Å².